The van der Waals surface area contributed by atoms with Gasteiger partial charge in [-0.3, -0.25) is 13.8 Å². The fourth-order valence-corrected chi connectivity index (χ4v) is 0.676. The van der Waals surface area contributed by atoms with E-state index >= 15 is 0 Å². The van der Waals surface area contributed by atoms with E-state index in [0.29, 0.717) is 0 Å². The summed E-state index contributed by atoms with van der Waals surface area (Å²) in [5.41, 5.74) is 0. The Bertz CT molecular complexity index is 165. The van der Waals surface area contributed by atoms with Crippen molar-refractivity contribution in [2.24, 2.45) is 0 Å². The van der Waals surface area contributed by atoms with Crippen LogP contribution in [-0.2, 0) is 18.4 Å². The molecule has 1 atom stereocenters. The lowest BCUT2D eigenvalue weighted by atomic mass is 10.5. The van der Waals surface area contributed by atoms with Gasteiger partial charge in [-0.2, -0.15) is 0 Å². The van der Waals surface area contributed by atoms with Crippen molar-refractivity contribution in [2.45, 2.75) is 6.92 Å². The molecule has 0 radical (unpaired) electrons. The van der Waals surface area contributed by atoms with E-state index in [9.17, 15) is 9.36 Å². The van der Waals surface area contributed by atoms with Gasteiger partial charge in [0.05, 0.1) is 0 Å². The number of carbonyl (C=O) groups excluding carboxylic acids is 1. The highest BCUT2D eigenvalue weighted by atomic mass is 31.2. The van der Waals surface area contributed by atoms with Crippen LogP contribution in [0.15, 0.2) is 0 Å². The Kier molecular flexibility index (Phi) is 3.75. The highest BCUT2D eigenvalue weighted by Crippen LogP contribution is 2.41. The molecule has 0 aliphatic rings. The normalized spacial score (nSPS) is 16.3. The lowest BCUT2D eigenvalue weighted by molar-refractivity contribution is -0.119. The average molecular weight is 168 g/mol. The zero-order valence-electron chi connectivity index (χ0n) is 5.73. The molecule has 0 aromatic carbocycles. The summed E-state index contributed by atoms with van der Waals surface area (Å²) in [7, 11) is -2.92. The van der Waals surface area contributed by atoms with E-state index in [0.717, 1.165) is 7.11 Å². The maximum Gasteiger partial charge on any atom is 0.472 e. The van der Waals surface area contributed by atoms with Crippen molar-refractivity contribution in [1.29, 1.82) is 0 Å². The highest BCUT2D eigenvalue weighted by molar-refractivity contribution is 7.47. The molecule has 0 saturated carbocycles. The van der Waals surface area contributed by atoms with Gasteiger partial charge in [-0.25, -0.2) is 4.57 Å². The maximum atomic E-state index is 10.4. The second-order valence-corrected chi connectivity index (χ2v) is 3.19. The predicted molar refractivity (Wildman–Crippen MR) is 33.5 cm³/mol. The van der Waals surface area contributed by atoms with Crippen LogP contribution in [0.4, 0.5) is 0 Å². The van der Waals surface area contributed by atoms with Gasteiger partial charge in [0.1, 0.15) is 6.61 Å². The van der Waals surface area contributed by atoms with Gasteiger partial charge in [-0.15, -0.1) is 0 Å². The number of phosphoric acid groups is 1. The summed E-state index contributed by atoms with van der Waals surface area (Å²) in [6.45, 7) is 0.845. The first kappa shape index (κ1) is 9.78. The molecule has 0 heterocycles. The molecule has 0 amide bonds. The largest absolute Gasteiger partial charge is 0.472 e. The molecular weight excluding hydrogens is 159 g/mol. The highest BCUT2D eigenvalue weighted by Gasteiger charge is 2.18. The molecule has 0 bridgehead atoms. The van der Waals surface area contributed by atoms with Gasteiger partial charge in [0.2, 0.25) is 0 Å². The Hall–Kier alpha value is -0.220. The van der Waals surface area contributed by atoms with Crippen LogP contribution in [0.3, 0.4) is 0 Å². The van der Waals surface area contributed by atoms with Crippen LogP contribution < -0.4 is 0 Å². The summed E-state index contributed by atoms with van der Waals surface area (Å²) < 4.78 is 18.7. The van der Waals surface area contributed by atoms with Gasteiger partial charge in [-0.05, 0) is 6.92 Å². The lowest BCUT2D eigenvalue weighted by Crippen LogP contribution is -2.02. The molecule has 60 valence electrons. The van der Waals surface area contributed by atoms with Crippen molar-refractivity contribution in [3.8, 4) is 0 Å². The Morgan fingerprint density at radius 1 is 1.70 bits per heavy atom. The van der Waals surface area contributed by atoms with Gasteiger partial charge in [0.15, 0.2) is 5.78 Å². The fourth-order valence-electron chi connectivity index (χ4n) is 0.225. The molecule has 0 aromatic heterocycles. The molecular formula is C4H9O5P. The molecule has 0 aliphatic heterocycles. The first-order valence-electron chi connectivity index (χ1n) is 2.50. The molecule has 0 aliphatic carbocycles. The van der Waals surface area contributed by atoms with E-state index < -0.39 is 14.4 Å². The molecule has 0 saturated heterocycles. The lowest BCUT2D eigenvalue weighted by Gasteiger charge is -2.05. The maximum absolute atomic E-state index is 10.4. The number of Topliss-reactive ketones (excluding diaryl/α,β-unsaturated/α-hetero) is 1. The van der Waals surface area contributed by atoms with E-state index in [-0.39, 0.29) is 5.78 Å². The standard InChI is InChI=1S/C4H9O5P/c1-4(5)3-9-10(6,7)8-2/h3H2,1-2H3,(H,6,7). The molecule has 0 spiro atoms. The minimum atomic E-state index is -3.95. The molecule has 10 heavy (non-hydrogen) atoms. The minimum absolute atomic E-state index is 0.327. The number of ketones is 1. The number of hydrogen-bond donors (Lipinski definition) is 1. The topological polar surface area (TPSA) is 72.8 Å². The van der Waals surface area contributed by atoms with E-state index in [1.807, 2.05) is 0 Å². The van der Waals surface area contributed by atoms with Crippen molar-refractivity contribution in [3.63, 3.8) is 0 Å². The van der Waals surface area contributed by atoms with Crippen LogP contribution in [0.25, 0.3) is 0 Å². The summed E-state index contributed by atoms with van der Waals surface area (Å²) >= 11 is 0. The fraction of sp³-hybridized carbons (Fsp3) is 0.750. The monoisotopic (exact) mass is 168 g/mol. The summed E-state index contributed by atoms with van der Waals surface area (Å²) in [5, 5.41) is 0. The van der Waals surface area contributed by atoms with Crippen LogP contribution in [0, 0.1) is 0 Å². The van der Waals surface area contributed by atoms with Gasteiger partial charge in [0, 0.05) is 7.11 Å². The van der Waals surface area contributed by atoms with E-state index in [2.05, 4.69) is 9.05 Å². The van der Waals surface area contributed by atoms with Gasteiger partial charge < -0.3 is 4.89 Å². The second-order valence-electron chi connectivity index (χ2n) is 1.63. The quantitative estimate of drug-likeness (QED) is 0.612. The Morgan fingerprint density at radius 2 is 2.20 bits per heavy atom. The zero-order chi connectivity index (χ0) is 8.20. The molecule has 5 nitrogen and oxygen atoms in total. The number of hydrogen-bond acceptors (Lipinski definition) is 4. The summed E-state index contributed by atoms with van der Waals surface area (Å²) in [6, 6.07) is 0. The summed E-state index contributed by atoms with van der Waals surface area (Å²) in [5.74, 6) is -0.327. The van der Waals surface area contributed by atoms with Crippen molar-refractivity contribution < 1.29 is 23.3 Å². The SMILES string of the molecule is COP(=O)(O)OCC(C)=O. The van der Waals surface area contributed by atoms with Gasteiger partial charge >= 0.3 is 7.82 Å². The van der Waals surface area contributed by atoms with Crippen molar-refractivity contribution >= 4 is 13.6 Å². The Morgan fingerprint density at radius 3 is 2.50 bits per heavy atom. The molecule has 0 aromatic rings. The van der Waals surface area contributed by atoms with Crippen LogP contribution in [0.2, 0.25) is 0 Å². The molecule has 0 fully saturated rings. The average Bonchev–Trinajstić information content (AvgIpc) is 1.85. The van der Waals surface area contributed by atoms with E-state index in [1.54, 1.807) is 0 Å². The van der Waals surface area contributed by atoms with E-state index in [1.165, 1.54) is 6.92 Å². The Balaban J connectivity index is 3.68. The number of phosphoric ester groups is 1. The van der Waals surface area contributed by atoms with Crippen molar-refractivity contribution in [2.75, 3.05) is 13.7 Å². The van der Waals surface area contributed by atoms with Crippen LogP contribution >= 0.6 is 7.82 Å². The third kappa shape index (κ3) is 4.64. The molecule has 1 unspecified atom stereocenters. The van der Waals surface area contributed by atoms with Crippen LogP contribution in [0.1, 0.15) is 6.92 Å². The van der Waals surface area contributed by atoms with Crippen LogP contribution in [-0.4, -0.2) is 24.4 Å². The zero-order valence-corrected chi connectivity index (χ0v) is 6.63. The third-order valence-electron chi connectivity index (χ3n) is 0.662. The summed E-state index contributed by atoms with van der Waals surface area (Å²) in [6.07, 6.45) is 0. The first-order valence-corrected chi connectivity index (χ1v) is 4.00. The predicted octanol–water partition coefficient (Wildman–Crippen LogP) is 0.339. The van der Waals surface area contributed by atoms with Gasteiger partial charge in [0.25, 0.3) is 0 Å². The van der Waals surface area contributed by atoms with E-state index in [4.69, 9.17) is 4.89 Å². The molecule has 6 heteroatoms. The number of rotatable bonds is 4. The third-order valence-corrected chi connectivity index (χ3v) is 1.58. The minimum Gasteiger partial charge on any atom is -0.302 e. The first-order chi connectivity index (χ1) is 4.48. The van der Waals surface area contributed by atoms with Crippen molar-refractivity contribution in [1.82, 2.24) is 0 Å². The smallest absolute Gasteiger partial charge is 0.302 e. The number of carbonyl (C=O) groups is 1. The summed E-state index contributed by atoms with van der Waals surface area (Å²) in [4.78, 5) is 18.7. The van der Waals surface area contributed by atoms with Crippen LogP contribution in [0.5, 0.6) is 0 Å². The van der Waals surface area contributed by atoms with Crippen molar-refractivity contribution in [3.05, 3.63) is 0 Å². The molecule has 1 N–H and O–H groups in total. The Labute approximate surface area is 58.6 Å². The molecule has 0 rings (SSSR count). The van der Waals surface area contributed by atoms with Gasteiger partial charge in [-0.1, -0.05) is 0 Å². The second kappa shape index (κ2) is 3.83.